The second-order valence-electron chi connectivity index (χ2n) is 4.64. The normalized spacial score (nSPS) is 10.8. The molecule has 0 aliphatic heterocycles. The van der Waals surface area contributed by atoms with E-state index in [4.69, 9.17) is 17.0 Å². The fourth-order valence-corrected chi connectivity index (χ4v) is 2.80. The summed E-state index contributed by atoms with van der Waals surface area (Å²) in [5.41, 5.74) is 3.63. The number of methoxy groups -OCH3 is 1. The summed E-state index contributed by atoms with van der Waals surface area (Å²) in [7, 11) is 3.41. The van der Waals surface area contributed by atoms with Crippen molar-refractivity contribution in [2.45, 2.75) is 6.92 Å². The van der Waals surface area contributed by atoms with Gasteiger partial charge < -0.3 is 9.72 Å². The number of nitrogens with zero attached hydrogens (tertiary/aromatic N) is 4. The number of aromatic amines is 1. The molecule has 7 heteroatoms. The molecule has 0 saturated carbocycles. The number of benzene rings is 1. The van der Waals surface area contributed by atoms with Gasteiger partial charge in [0.25, 0.3) is 0 Å². The van der Waals surface area contributed by atoms with Crippen LogP contribution in [0.2, 0.25) is 0 Å². The first-order valence-electron chi connectivity index (χ1n) is 6.30. The largest absolute Gasteiger partial charge is 0.495 e. The molecule has 0 unspecified atom stereocenters. The highest BCUT2D eigenvalue weighted by Gasteiger charge is 2.19. The van der Waals surface area contributed by atoms with Crippen molar-refractivity contribution in [3.05, 3.63) is 34.2 Å². The number of rotatable bonds is 2. The lowest BCUT2D eigenvalue weighted by molar-refractivity contribution is 0.412. The molecule has 2 heterocycles. The molecule has 0 spiro atoms. The Morgan fingerprint density at radius 1 is 1.43 bits per heavy atom. The third-order valence-corrected chi connectivity index (χ3v) is 3.69. The standard InChI is InChI=1S/C14H13N5OS/c1-8-11-13(18(2)17-8)19(14(21)16-11)12-9(7-15)5-4-6-10(12)20-3/h4-6H,1-3H3,(H,16,21). The Kier molecular flexibility index (Phi) is 3.03. The van der Waals surface area contributed by atoms with Crippen LogP contribution in [0.4, 0.5) is 0 Å². The van der Waals surface area contributed by atoms with E-state index in [-0.39, 0.29) is 0 Å². The first kappa shape index (κ1) is 13.4. The second kappa shape index (κ2) is 4.75. The molecule has 0 atom stereocenters. The van der Waals surface area contributed by atoms with Crippen LogP contribution >= 0.6 is 12.2 Å². The topological polar surface area (TPSA) is 71.6 Å². The summed E-state index contributed by atoms with van der Waals surface area (Å²) in [5.74, 6) is 0.588. The highest BCUT2D eigenvalue weighted by molar-refractivity contribution is 7.71. The minimum Gasteiger partial charge on any atom is -0.495 e. The van der Waals surface area contributed by atoms with Crippen LogP contribution in [0.1, 0.15) is 11.3 Å². The maximum atomic E-state index is 9.39. The van der Waals surface area contributed by atoms with E-state index in [0.29, 0.717) is 21.8 Å². The zero-order valence-corrected chi connectivity index (χ0v) is 12.7. The van der Waals surface area contributed by atoms with Crippen molar-refractivity contribution < 1.29 is 4.74 Å². The summed E-state index contributed by atoms with van der Waals surface area (Å²) in [4.78, 5) is 3.15. The van der Waals surface area contributed by atoms with Gasteiger partial charge in [-0.1, -0.05) is 6.07 Å². The lowest BCUT2D eigenvalue weighted by Crippen LogP contribution is -2.05. The van der Waals surface area contributed by atoms with Crippen molar-refractivity contribution in [1.82, 2.24) is 19.3 Å². The van der Waals surface area contributed by atoms with Gasteiger partial charge in [-0.05, 0) is 31.3 Å². The minimum absolute atomic E-state index is 0.491. The maximum Gasteiger partial charge on any atom is 0.184 e. The van der Waals surface area contributed by atoms with Crippen molar-refractivity contribution in [2.24, 2.45) is 7.05 Å². The van der Waals surface area contributed by atoms with Crippen LogP contribution in [0.3, 0.4) is 0 Å². The molecule has 1 aromatic carbocycles. The Labute approximate surface area is 126 Å². The van der Waals surface area contributed by atoms with E-state index < -0.39 is 0 Å². The number of ether oxygens (including phenoxy) is 1. The number of nitrogens with one attached hydrogen (secondary N) is 1. The van der Waals surface area contributed by atoms with Crippen LogP contribution < -0.4 is 4.74 Å². The Morgan fingerprint density at radius 3 is 2.86 bits per heavy atom. The fourth-order valence-electron chi connectivity index (χ4n) is 2.52. The number of aromatic nitrogens is 4. The van der Waals surface area contributed by atoms with Crippen molar-refractivity contribution >= 4 is 23.4 Å². The smallest absolute Gasteiger partial charge is 0.184 e. The molecular weight excluding hydrogens is 286 g/mol. The molecule has 1 N–H and O–H groups in total. The molecule has 21 heavy (non-hydrogen) atoms. The van der Waals surface area contributed by atoms with Gasteiger partial charge >= 0.3 is 0 Å². The number of imidazole rings is 1. The summed E-state index contributed by atoms with van der Waals surface area (Å²) in [5, 5.41) is 13.8. The summed E-state index contributed by atoms with van der Waals surface area (Å²) >= 11 is 5.42. The fraction of sp³-hybridized carbons (Fsp3) is 0.214. The Bertz CT molecular complexity index is 941. The van der Waals surface area contributed by atoms with E-state index in [0.717, 1.165) is 16.9 Å². The molecule has 0 bridgehead atoms. The van der Waals surface area contributed by atoms with E-state index in [9.17, 15) is 5.26 Å². The van der Waals surface area contributed by atoms with Crippen LogP contribution in [0.5, 0.6) is 5.75 Å². The quantitative estimate of drug-likeness (QED) is 0.738. The number of hydrogen-bond donors (Lipinski definition) is 1. The summed E-state index contributed by atoms with van der Waals surface area (Å²) < 4.78 is 9.44. The van der Waals surface area contributed by atoms with Crippen LogP contribution in [0.15, 0.2) is 18.2 Å². The molecule has 0 fully saturated rings. The van der Waals surface area contributed by atoms with Crippen molar-refractivity contribution in [3.8, 4) is 17.5 Å². The van der Waals surface area contributed by atoms with Gasteiger partial charge in [0.05, 0.1) is 18.4 Å². The zero-order valence-electron chi connectivity index (χ0n) is 11.8. The highest BCUT2D eigenvalue weighted by atomic mass is 32.1. The van der Waals surface area contributed by atoms with Gasteiger partial charge in [0.1, 0.15) is 23.0 Å². The molecule has 6 nitrogen and oxygen atoms in total. The Hall–Kier alpha value is -2.59. The van der Waals surface area contributed by atoms with E-state index in [1.807, 2.05) is 14.0 Å². The second-order valence-corrected chi connectivity index (χ2v) is 5.03. The number of para-hydroxylation sites is 1. The van der Waals surface area contributed by atoms with Gasteiger partial charge in [0, 0.05) is 7.05 Å². The lowest BCUT2D eigenvalue weighted by Gasteiger charge is -2.12. The van der Waals surface area contributed by atoms with Gasteiger partial charge in [-0.3, -0.25) is 4.57 Å². The van der Waals surface area contributed by atoms with E-state index >= 15 is 0 Å². The number of H-pyrrole nitrogens is 1. The van der Waals surface area contributed by atoms with Crippen LogP contribution in [-0.2, 0) is 7.05 Å². The number of fused-ring (bicyclic) bond motifs is 1. The minimum atomic E-state index is 0.491. The maximum absolute atomic E-state index is 9.39. The molecule has 3 aromatic rings. The number of aryl methyl sites for hydroxylation is 2. The molecule has 0 saturated heterocycles. The van der Waals surface area contributed by atoms with Crippen molar-refractivity contribution in [3.63, 3.8) is 0 Å². The SMILES string of the molecule is COc1cccc(C#N)c1-n1c(=S)[nH]c2c(C)nn(C)c21. The molecule has 106 valence electrons. The molecule has 2 aromatic heterocycles. The first-order chi connectivity index (χ1) is 10.1. The first-order valence-corrected chi connectivity index (χ1v) is 6.71. The van der Waals surface area contributed by atoms with Gasteiger partial charge in [-0.15, -0.1) is 0 Å². The van der Waals surface area contributed by atoms with Gasteiger partial charge in [-0.25, -0.2) is 4.68 Å². The summed E-state index contributed by atoms with van der Waals surface area (Å²) in [6.07, 6.45) is 0. The van der Waals surface area contributed by atoms with Crippen molar-refractivity contribution in [1.29, 1.82) is 5.26 Å². The Balaban J connectivity index is 2.50. The average molecular weight is 299 g/mol. The van der Waals surface area contributed by atoms with Crippen LogP contribution in [-0.4, -0.2) is 26.4 Å². The lowest BCUT2D eigenvalue weighted by atomic mass is 10.1. The van der Waals surface area contributed by atoms with Crippen LogP contribution in [0, 0.1) is 23.0 Å². The number of nitriles is 1. The predicted molar refractivity (Wildman–Crippen MR) is 81.2 cm³/mol. The molecule has 0 aliphatic carbocycles. The molecule has 0 amide bonds. The number of hydrogen-bond acceptors (Lipinski definition) is 4. The predicted octanol–water partition coefficient (Wildman–Crippen LogP) is 2.61. The van der Waals surface area contributed by atoms with Crippen molar-refractivity contribution in [2.75, 3.05) is 7.11 Å². The third kappa shape index (κ3) is 1.84. The monoisotopic (exact) mass is 299 g/mol. The van der Waals surface area contributed by atoms with Gasteiger partial charge in [0.15, 0.2) is 10.4 Å². The molecular formula is C14H13N5OS. The van der Waals surface area contributed by atoms with E-state index in [1.165, 1.54) is 0 Å². The van der Waals surface area contributed by atoms with Gasteiger partial charge in [0.2, 0.25) is 0 Å². The summed E-state index contributed by atoms with van der Waals surface area (Å²) in [6, 6.07) is 7.51. The molecule has 3 rings (SSSR count). The van der Waals surface area contributed by atoms with Crippen LogP contribution in [0.25, 0.3) is 16.9 Å². The highest BCUT2D eigenvalue weighted by Crippen LogP contribution is 2.30. The van der Waals surface area contributed by atoms with Gasteiger partial charge in [-0.2, -0.15) is 10.4 Å². The third-order valence-electron chi connectivity index (χ3n) is 3.40. The summed E-state index contributed by atoms with van der Waals surface area (Å²) in [6.45, 7) is 1.91. The van der Waals surface area contributed by atoms with E-state index in [1.54, 1.807) is 34.6 Å². The molecule has 0 radical (unpaired) electrons. The average Bonchev–Trinajstić information content (AvgIpc) is 2.95. The molecule has 0 aliphatic rings. The Morgan fingerprint density at radius 2 is 2.19 bits per heavy atom. The van der Waals surface area contributed by atoms with E-state index in [2.05, 4.69) is 16.2 Å². The zero-order chi connectivity index (χ0) is 15.1.